The first-order valence-corrected chi connectivity index (χ1v) is 6.55. The zero-order chi connectivity index (χ0) is 16.1. The molecule has 0 unspecified atom stereocenters. The Kier molecular flexibility index (Phi) is 3.25. The first-order chi connectivity index (χ1) is 10.3. The highest BCUT2D eigenvalue weighted by Crippen LogP contribution is 2.36. The van der Waals surface area contributed by atoms with Gasteiger partial charge in [-0.05, 0) is 30.3 Å². The van der Waals surface area contributed by atoms with Crippen molar-refractivity contribution in [2.45, 2.75) is 6.18 Å². The van der Waals surface area contributed by atoms with Gasteiger partial charge in [-0.2, -0.15) is 13.2 Å². The number of aryl methyl sites for hydroxylation is 1. The highest BCUT2D eigenvalue weighted by molar-refractivity contribution is 6.29. The van der Waals surface area contributed by atoms with Gasteiger partial charge < -0.3 is 9.67 Å². The standard InChI is InChI=1S/C14H9ClF3N3O/c1-21-9-4-5-11(15)19-12(9)20-13(21)8-3-2-7(6-10(8)22)14(16,17)18/h2-6,22H,1H3. The molecule has 3 rings (SSSR count). The van der Waals surface area contributed by atoms with Gasteiger partial charge in [0.15, 0.2) is 5.65 Å². The quantitative estimate of drug-likeness (QED) is 0.687. The molecule has 2 heterocycles. The molecule has 0 radical (unpaired) electrons. The molecule has 1 N–H and O–H groups in total. The van der Waals surface area contributed by atoms with Crippen LogP contribution in [0.1, 0.15) is 5.56 Å². The van der Waals surface area contributed by atoms with Crippen LogP contribution in [0.5, 0.6) is 5.75 Å². The fourth-order valence-electron chi connectivity index (χ4n) is 2.19. The number of aromatic nitrogens is 3. The van der Waals surface area contributed by atoms with Crippen molar-refractivity contribution in [1.82, 2.24) is 14.5 Å². The summed E-state index contributed by atoms with van der Waals surface area (Å²) in [7, 11) is 1.68. The van der Waals surface area contributed by atoms with E-state index < -0.39 is 17.5 Å². The molecule has 8 heteroatoms. The van der Waals surface area contributed by atoms with Crippen LogP contribution in [0.15, 0.2) is 30.3 Å². The van der Waals surface area contributed by atoms with Crippen molar-refractivity contribution >= 4 is 22.8 Å². The van der Waals surface area contributed by atoms with Gasteiger partial charge in [-0.15, -0.1) is 0 Å². The van der Waals surface area contributed by atoms with Gasteiger partial charge in [0.1, 0.15) is 16.7 Å². The van der Waals surface area contributed by atoms with Crippen LogP contribution in [0.3, 0.4) is 0 Å². The van der Waals surface area contributed by atoms with Crippen LogP contribution in [0.25, 0.3) is 22.6 Å². The number of fused-ring (bicyclic) bond motifs is 1. The molecule has 0 fully saturated rings. The predicted octanol–water partition coefficient (Wildman–Crippen LogP) is 4.01. The molecule has 0 spiro atoms. The minimum atomic E-state index is -4.52. The zero-order valence-electron chi connectivity index (χ0n) is 11.2. The number of aromatic hydroxyl groups is 1. The van der Waals surface area contributed by atoms with E-state index >= 15 is 0 Å². The van der Waals surface area contributed by atoms with E-state index in [9.17, 15) is 18.3 Å². The molecule has 0 aliphatic rings. The summed E-state index contributed by atoms with van der Waals surface area (Å²) in [6, 6.07) is 6.04. The van der Waals surface area contributed by atoms with Crippen LogP contribution in [-0.2, 0) is 13.2 Å². The van der Waals surface area contributed by atoms with Crippen LogP contribution in [0.4, 0.5) is 13.2 Å². The third-order valence-corrected chi connectivity index (χ3v) is 3.49. The van der Waals surface area contributed by atoms with Crippen LogP contribution in [-0.4, -0.2) is 19.6 Å². The van der Waals surface area contributed by atoms with Crippen LogP contribution >= 0.6 is 11.6 Å². The number of hydrogen-bond donors (Lipinski definition) is 1. The highest BCUT2D eigenvalue weighted by Gasteiger charge is 2.31. The molecule has 0 atom stereocenters. The fourth-order valence-corrected chi connectivity index (χ4v) is 2.33. The van der Waals surface area contributed by atoms with Crippen LogP contribution in [0, 0.1) is 0 Å². The lowest BCUT2D eigenvalue weighted by Gasteiger charge is -2.10. The maximum absolute atomic E-state index is 12.6. The summed E-state index contributed by atoms with van der Waals surface area (Å²) >= 11 is 5.79. The third kappa shape index (κ3) is 2.37. The number of nitrogens with zero attached hydrogens (tertiary/aromatic N) is 3. The van der Waals surface area contributed by atoms with Crippen molar-refractivity contribution in [3.63, 3.8) is 0 Å². The largest absolute Gasteiger partial charge is 0.507 e. The Balaban J connectivity index is 2.17. The van der Waals surface area contributed by atoms with Gasteiger partial charge in [-0.1, -0.05) is 11.6 Å². The summed E-state index contributed by atoms with van der Waals surface area (Å²) in [4.78, 5) is 8.26. The average molecular weight is 328 g/mol. The van der Waals surface area contributed by atoms with Crippen LogP contribution < -0.4 is 0 Å². The SMILES string of the molecule is Cn1c(-c2ccc(C(F)(F)F)cc2O)nc2nc(Cl)ccc21. The lowest BCUT2D eigenvalue weighted by atomic mass is 10.1. The molecular weight excluding hydrogens is 319 g/mol. The summed E-state index contributed by atoms with van der Waals surface area (Å²) in [6.07, 6.45) is -4.52. The second kappa shape index (κ2) is 4.88. The lowest BCUT2D eigenvalue weighted by molar-refractivity contribution is -0.137. The maximum atomic E-state index is 12.6. The first-order valence-electron chi connectivity index (χ1n) is 6.17. The molecule has 22 heavy (non-hydrogen) atoms. The van der Waals surface area contributed by atoms with E-state index in [0.717, 1.165) is 6.07 Å². The van der Waals surface area contributed by atoms with E-state index in [2.05, 4.69) is 9.97 Å². The molecular formula is C14H9ClF3N3O. The van der Waals surface area contributed by atoms with Gasteiger partial charge in [0, 0.05) is 7.05 Å². The Morgan fingerprint density at radius 1 is 1.14 bits per heavy atom. The van der Waals surface area contributed by atoms with Crippen molar-refractivity contribution in [3.05, 3.63) is 41.0 Å². The Hall–Kier alpha value is -2.28. The van der Waals surface area contributed by atoms with Gasteiger partial charge in [-0.25, -0.2) is 9.97 Å². The number of imidazole rings is 1. The van der Waals surface area contributed by atoms with E-state index in [4.69, 9.17) is 11.6 Å². The summed E-state index contributed by atoms with van der Waals surface area (Å²) in [5.74, 6) is -0.199. The molecule has 0 aliphatic carbocycles. The lowest BCUT2D eigenvalue weighted by Crippen LogP contribution is -2.04. The highest BCUT2D eigenvalue weighted by atomic mass is 35.5. The predicted molar refractivity (Wildman–Crippen MR) is 75.6 cm³/mol. The molecule has 0 saturated carbocycles. The van der Waals surface area contributed by atoms with E-state index in [0.29, 0.717) is 23.1 Å². The summed E-state index contributed by atoms with van der Waals surface area (Å²) in [5.41, 5.74) is 0.265. The summed E-state index contributed by atoms with van der Waals surface area (Å²) in [5, 5.41) is 10.2. The minimum Gasteiger partial charge on any atom is -0.507 e. The van der Waals surface area contributed by atoms with Crippen LogP contribution in [0.2, 0.25) is 5.15 Å². The average Bonchev–Trinajstić information content (AvgIpc) is 2.74. The molecule has 0 amide bonds. The third-order valence-electron chi connectivity index (χ3n) is 3.28. The van der Waals surface area contributed by atoms with Crippen molar-refractivity contribution < 1.29 is 18.3 Å². The topological polar surface area (TPSA) is 50.9 Å². The summed E-state index contributed by atoms with van der Waals surface area (Å²) < 4.78 is 39.5. The van der Waals surface area contributed by atoms with Crippen molar-refractivity contribution in [2.75, 3.05) is 0 Å². The molecule has 3 aromatic rings. The molecule has 4 nitrogen and oxygen atoms in total. The Bertz CT molecular complexity index is 874. The van der Waals surface area contributed by atoms with E-state index in [1.807, 2.05) is 0 Å². The van der Waals surface area contributed by atoms with Gasteiger partial charge in [0.25, 0.3) is 0 Å². The number of alkyl halides is 3. The normalized spacial score (nSPS) is 12.0. The number of hydrogen-bond acceptors (Lipinski definition) is 3. The second-order valence-electron chi connectivity index (χ2n) is 4.70. The van der Waals surface area contributed by atoms with Crippen molar-refractivity contribution in [3.8, 4) is 17.1 Å². The number of phenolic OH excluding ortho intramolecular Hbond substituents is 1. The Morgan fingerprint density at radius 3 is 2.50 bits per heavy atom. The van der Waals surface area contributed by atoms with Gasteiger partial charge in [0.2, 0.25) is 0 Å². The molecule has 0 bridgehead atoms. The van der Waals surface area contributed by atoms with Gasteiger partial charge >= 0.3 is 6.18 Å². The number of phenols is 1. The molecule has 0 aliphatic heterocycles. The second-order valence-corrected chi connectivity index (χ2v) is 5.09. The number of pyridine rings is 1. The Morgan fingerprint density at radius 2 is 1.86 bits per heavy atom. The monoisotopic (exact) mass is 327 g/mol. The van der Waals surface area contributed by atoms with Gasteiger partial charge in [-0.3, -0.25) is 0 Å². The van der Waals surface area contributed by atoms with Gasteiger partial charge in [0.05, 0.1) is 16.6 Å². The van der Waals surface area contributed by atoms with Crippen molar-refractivity contribution in [2.24, 2.45) is 7.05 Å². The molecule has 0 saturated heterocycles. The van der Waals surface area contributed by atoms with E-state index in [1.54, 1.807) is 23.7 Å². The molecule has 114 valence electrons. The fraction of sp³-hybridized carbons (Fsp3) is 0.143. The smallest absolute Gasteiger partial charge is 0.416 e. The Labute approximate surface area is 127 Å². The summed E-state index contributed by atoms with van der Waals surface area (Å²) in [6.45, 7) is 0. The van der Waals surface area contributed by atoms with E-state index in [-0.39, 0.29) is 10.7 Å². The minimum absolute atomic E-state index is 0.185. The number of rotatable bonds is 1. The number of benzene rings is 1. The zero-order valence-corrected chi connectivity index (χ0v) is 11.9. The number of halogens is 4. The van der Waals surface area contributed by atoms with Crippen molar-refractivity contribution in [1.29, 1.82) is 0 Å². The van der Waals surface area contributed by atoms with E-state index in [1.165, 1.54) is 6.07 Å². The molecule has 2 aromatic heterocycles. The maximum Gasteiger partial charge on any atom is 0.416 e. The molecule has 1 aromatic carbocycles. The first kappa shape index (κ1) is 14.6.